The van der Waals surface area contributed by atoms with Gasteiger partial charge in [0.1, 0.15) is 0 Å². The molecule has 5 heteroatoms. The Morgan fingerprint density at radius 3 is 2.88 bits per heavy atom. The Balaban J connectivity index is 1.32. The number of morpholine rings is 1. The summed E-state index contributed by atoms with van der Waals surface area (Å²) in [5.74, 6) is 0.607. The maximum Gasteiger partial charge on any atom is 0.251 e. The Hall–Kier alpha value is -2.76. The first-order chi connectivity index (χ1) is 15.7. The number of rotatable bonds is 5. The average molecular weight is 428 g/mol. The van der Waals surface area contributed by atoms with Crippen molar-refractivity contribution >= 4 is 16.8 Å². The van der Waals surface area contributed by atoms with Gasteiger partial charge in [-0.15, -0.1) is 0 Å². The smallest absolute Gasteiger partial charge is 0.251 e. The summed E-state index contributed by atoms with van der Waals surface area (Å²) in [4.78, 5) is 20.1. The molecular formula is C27H29N3O2. The first-order valence-electron chi connectivity index (χ1n) is 11.8. The zero-order valence-electron chi connectivity index (χ0n) is 18.5. The van der Waals surface area contributed by atoms with Gasteiger partial charge in [0.05, 0.1) is 17.2 Å². The van der Waals surface area contributed by atoms with Gasteiger partial charge >= 0.3 is 0 Å². The predicted octanol–water partition coefficient (Wildman–Crippen LogP) is 4.48. The van der Waals surface area contributed by atoms with Crippen molar-refractivity contribution in [2.75, 3.05) is 13.1 Å². The second-order valence-corrected chi connectivity index (χ2v) is 9.52. The molecule has 5 atom stereocenters. The highest BCUT2D eigenvalue weighted by Gasteiger charge is 2.58. The summed E-state index contributed by atoms with van der Waals surface area (Å²) in [6.07, 6.45) is 5.42. The molecule has 5 fully saturated rings. The van der Waals surface area contributed by atoms with Crippen LogP contribution < -0.4 is 5.32 Å². The molecule has 5 aliphatic rings. The zero-order chi connectivity index (χ0) is 21.7. The molecule has 4 bridgehead atoms. The molecule has 0 aliphatic carbocycles. The Morgan fingerprint density at radius 2 is 2.09 bits per heavy atom. The Kier molecular flexibility index (Phi) is 4.77. The largest absolute Gasteiger partial charge is 0.364 e. The van der Waals surface area contributed by atoms with Crippen LogP contribution in [0.5, 0.6) is 0 Å². The number of ether oxygens (including phenoxy) is 1. The molecule has 3 aromatic rings. The van der Waals surface area contributed by atoms with Crippen molar-refractivity contribution < 1.29 is 9.53 Å². The lowest BCUT2D eigenvalue weighted by molar-refractivity contribution is -0.274. The van der Waals surface area contributed by atoms with E-state index < -0.39 is 0 Å². The number of benzene rings is 2. The van der Waals surface area contributed by atoms with Crippen LogP contribution in [-0.2, 0) is 11.3 Å². The summed E-state index contributed by atoms with van der Waals surface area (Å²) >= 11 is 0. The molecule has 164 valence electrons. The fourth-order valence-corrected chi connectivity index (χ4v) is 6.16. The van der Waals surface area contributed by atoms with Crippen LogP contribution in [0.4, 0.5) is 0 Å². The Bertz CT molecular complexity index is 1160. The molecule has 32 heavy (non-hydrogen) atoms. The second-order valence-electron chi connectivity index (χ2n) is 9.52. The van der Waals surface area contributed by atoms with E-state index >= 15 is 0 Å². The molecule has 1 unspecified atom stereocenters. The summed E-state index contributed by atoms with van der Waals surface area (Å²) in [5.41, 5.74) is 3.80. The number of hydrogen-bond acceptors (Lipinski definition) is 4. The van der Waals surface area contributed by atoms with Crippen LogP contribution >= 0.6 is 0 Å². The van der Waals surface area contributed by atoms with Crippen LogP contribution in [0.25, 0.3) is 10.9 Å². The number of fused-ring (bicyclic) bond motifs is 3. The van der Waals surface area contributed by atoms with Gasteiger partial charge in [-0.05, 0) is 67.1 Å². The van der Waals surface area contributed by atoms with Gasteiger partial charge in [-0.1, -0.05) is 37.3 Å². The van der Waals surface area contributed by atoms with Gasteiger partial charge < -0.3 is 10.1 Å². The van der Waals surface area contributed by atoms with Crippen molar-refractivity contribution in [1.82, 2.24) is 15.2 Å². The van der Waals surface area contributed by atoms with Crippen molar-refractivity contribution in [3.8, 4) is 0 Å². The minimum atomic E-state index is -0.0653. The average Bonchev–Trinajstić information content (AvgIpc) is 2.87. The van der Waals surface area contributed by atoms with Crippen LogP contribution in [0.1, 0.15) is 53.8 Å². The third-order valence-corrected chi connectivity index (χ3v) is 7.92. The number of pyridine rings is 1. The lowest BCUT2D eigenvalue weighted by atomic mass is 9.66. The molecule has 5 saturated heterocycles. The van der Waals surface area contributed by atoms with Gasteiger partial charge in [-0.3, -0.25) is 14.7 Å². The number of hydrogen-bond donors (Lipinski definition) is 1. The monoisotopic (exact) mass is 427 g/mol. The molecule has 0 radical (unpaired) electrons. The van der Waals surface area contributed by atoms with Gasteiger partial charge in [0, 0.05) is 36.3 Å². The minimum Gasteiger partial charge on any atom is -0.364 e. The van der Waals surface area contributed by atoms with E-state index in [9.17, 15) is 4.79 Å². The lowest BCUT2D eigenvalue weighted by Gasteiger charge is -2.64. The Morgan fingerprint density at radius 1 is 1.22 bits per heavy atom. The molecule has 1 aromatic heterocycles. The highest BCUT2D eigenvalue weighted by molar-refractivity contribution is 5.98. The molecule has 8 rings (SSSR count). The fraction of sp³-hybridized carbons (Fsp3) is 0.407. The fourth-order valence-electron chi connectivity index (χ4n) is 6.16. The number of carbonyl (C=O) groups is 1. The van der Waals surface area contributed by atoms with E-state index in [1.165, 1.54) is 24.9 Å². The molecule has 5 aliphatic heterocycles. The van der Waals surface area contributed by atoms with Crippen molar-refractivity contribution in [1.29, 1.82) is 0 Å². The summed E-state index contributed by atoms with van der Waals surface area (Å²) < 4.78 is 6.89. The molecule has 2 aromatic carbocycles. The number of amides is 1. The summed E-state index contributed by atoms with van der Waals surface area (Å²) in [5, 5.41) is 4.07. The maximum absolute atomic E-state index is 12.9. The molecule has 1 N–H and O–H groups in total. The topological polar surface area (TPSA) is 54.5 Å². The number of piperidine rings is 3. The zero-order valence-corrected chi connectivity index (χ0v) is 18.5. The third kappa shape index (κ3) is 3.14. The van der Waals surface area contributed by atoms with E-state index in [0.29, 0.717) is 24.1 Å². The first-order valence-corrected chi connectivity index (χ1v) is 11.8. The molecule has 1 amide bonds. The predicted molar refractivity (Wildman–Crippen MR) is 124 cm³/mol. The van der Waals surface area contributed by atoms with Gasteiger partial charge in [0.25, 0.3) is 5.91 Å². The third-order valence-electron chi connectivity index (χ3n) is 7.92. The first kappa shape index (κ1) is 19.9. The SMILES string of the molecule is CC[C@]12CN3CC[C@H]1C[C@@H]3[C@H](c1ccnc3ccc(C(=O)NCc4ccccc4)cc13)O2. The van der Waals surface area contributed by atoms with Crippen LogP contribution in [0, 0.1) is 5.92 Å². The molecule has 5 nitrogen and oxygen atoms in total. The van der Waals surface area contributed by atoms with E-state index in [4.69, 9.17) is 4.74 Å². The summed E-state index contributed by atoms with van der Waals surface area (Å²) in [6.45, 7) is 5.01. The lowest BCUT2D eigenvalue weighted by Crippen LogP contribution is -2.70. The van der Waals surface area contributed by atoms with Crippen LogP contribution in [0.2, 0.25) is 0 Å². The standard InChI is InChI=1S/C27H29N3O2/c1-2-27-17-30-13-11-20(27)15-24(30)25(32-27)21-10-12-28-23-9-8-19(14-22(21)23)26(31)29-16-18-6-4-3-5-7-18/h3-10,12,14,20,24-25H,2,11,13,15-17H2,1H3,(H,29,31)/t20-,24+,25-,27-/m0/s1. The number of carbonyl (C=O) groups excluding carboxylic acids is 1. The summed E-state index contributed by atoms with van der Waals surface area (Å²) in [6, 6.07) is 18.3. The highest BCUT2D eigenvalue weighted by Crippen LogP contribution is 2.54. The highest BCUT2D eigenvalue weighted by atomic mass is 16.5. The van der Waals surface area contributed by atoms with Crippen molar-refractivity contribution in [3.63, 3.8) is 0 Å². The van der Waals surface area contributed by atoms with Gasteiger partial charge in [0.15, 0.2) is 0 Å². The normalized spacial score (nSPS) is 30.5. The molecule has 6 heterocycles. The van der Waals surface area contributed by atoms with E-state index in [0.717, 1.165) is 29.4 Å². The van der Waals surface area contributed by atoms with Crippen LogP contribution in [0.3, 0.4) is 0 Å². The van der Waals surface area contributed by atoms with Crippen LogP contribution in [-0.4, -0.2) is 40.5 Å². The number of aromatic nitrogens is 1. The maximum atomic E-state index is 12.9. The van der Waals surface area contributed by atoms with E-state index in [2.05, 4.69) is 28.2 Å². The van der Waals surface area contributed by atoms with Gasteiger partial charge in [0.2, 0.25) is 0 Å². The second kappa shape index (κ2) is 7.68. The van der Waals surface area contributed by atoms with E-state index in [-0.39, 0.29) is 17.6 Å². The van der Waals surface area contributed by atoms with E-state index in [1.54, 1.807) is 0 Å². The summed E-state index contributed by atoms with van der Waals surface area (Å²) in [7, 11) is 0. The minimum absolute atomic E-state index is 0.0298. The van der Waals surface area contributed by atoms with Gasteiger partial charge in [-0.2, -0.15) is 0 Å². The molecule has 0 spiro atoms. The van der Waals surface area contributed by atoms with E-state index in [1.807, 2.05) is 54.7 Å². The van der Waals surface area contributed by atoms with Crippen LogP contribution in [0.15, 0.2) is 60.8 Å². The molecular weight excluding hydrogens is 398 g/mol. The number of nitrogens with zero attached hydrogens (tertiary/aromatic N) is 2. The van der Waals surface area contributed by atoms with Gasteiger partial charge in [-0.25, -0.2) is 0 Å². The molecule has 0 saturated carbocycles. The number of nitrogens with one attached hydrogen (secondary N) is 1. The Labute approximate surface area is 188 Å². The van der Waals surface area contributed by atoms with Crippen molar-refractivity contribution in [3.05, 3.63) is 77.5 Å². The van der Waals surface area contributed by atoms with Crippen molar-refractivity contribution in [2.45, 2.75) is 50.5 Å². The van der Waals surface area contributed by atoms with Crippen molar-refractivity contribution in [2.24, 2.45) is 5.92 Å². The quantitative estimate of drug-likeness (QED) is 0.652.